The van der Waals surface area contributed by atoms with Crippen LogP contribution < -0.4 is 0 Å². The Balaban J connectivity index is 2.15. The summed E-state index contributed by atoms with van der Waals surface area (Å²) in [6.07, 6.45) is 2.25. The van der Waals surface area contributed by atoms with Gasteiger partial charge < -0.3 is 4.42 Å². The molecule has 2 aromatic heterocycles. The van der Waals surface area contributed by atoms with Crippen LogP contribution in [0.4, 0.5) is 0 Å². The number of carbonyl (C=O) groups is 1. The summed E-state index contributed by atoms with van der Waals surface area (Å²) in [4.78, 5) is 19.9. The van der Waals surface area contributed by atoms with Crippen molar-refractivity contribution in [3.63, 3.8) is 0 Å². The Bertz CT molecular complexity index is 699. The Morgan fingerprint density at radius 1 is 1.41 bits per heavy atom. The van der Waals surface area contributed by atoms with Crippen LogP contribution >= 0.6 is 11.3 Å². The number of fused-ring (bicyclic) bond motifs is 1. The van der Waals surface area contributed by atoms with Gasteiger partial charge in [0.2, 0.25) is 0 Å². The van der Waals surface area contributed by atoms with E-state index in [-0.39, 0.29) is 0 Å². The summed E-state index contributed by atoms with van der Waals surface area (Å²) in [5.74, 6) is 0. The van der Waals surface area contributed by atoms with Crippen molar-refractivity contribution >= 4 is 28.7 Å². The van der Waals surface area contributed by atoms with Crippen molar-refractivity contribution < 1.29 is 9.21 Å². The molecular formula is C12H8N2O2S. The smallest absolute Gasteiger partial charge is 0.181 e. The second kappa shape index (κ2) is 3.78. The van der Waals surface area contributed by atoms with Crippen LogP contribution in [-0.4, -0.2) is 16.3 Å². The molecule has 3 rings (SSSR count). The fourth-order valence-corrected chi connectivity index (χ4v) is 2.51. The van der Waals surface area contributed by atoms with Gasteiger partial charge in [0.05, 0.1) is 10.6 Å². The van der Waals surface area contributed by atoms with Gasteiger partial charge in [-0.1, -0.05) is 0 Å². The summed E-state index contributed by atoms with van der Waals surface area (Å²) in [6.45, 7) is 1.83. The van der Waals surface area contributed by atoms with E-state index in [1.807, 2.05) is 25.1 Å². The molecule has 0 amide bonds. The molecule has 1 aromatic carbocycles. The SMILES string of the molecule is Cc1nc(-c2ccc3ncoc3c2)sc1C=O. The summed E-state index contributed by atoms with van der Waals surface area (Å²) in [5.41, 5.74) is 3.24. The van der Waals surface area contributed by atoms with Crippen molar-refractivity contribution in [3.8, 4) is 10.6 Å². The van der Waals surface area contributed by atoms with Gasteiger partial charge in [-0.25, -0.2) is 9.97 Å². The first-order valence-electron chi connectivity index (χ1n) is 5.04. The predicted octanol–water partition coefficient (Wildman–Crippen LogP) is 3.07. The van der Waals surface area contributed by atoms with Gasteiger partial charge in [-0.05, 0) is 25.1 Å². The van der Waals surface area contributed by atoms with Crippen LogP contribution in [0.5, 0.6) is 0 Å². The monoisotopic (exact) mass is 244 g/mol. The van der Waals surface area contributed by atoms with Crippen LogP contribution in [0.15, 0.2) is 29.0 Å². The summed E-state index contributed by atoms with van der Waals surface area (Å²) in [6, 6.07) is 5.69. The fraction of sp³-hybridized carbons (Fsp3) is 0.0833. The third kappa shape index (κ3) is 1.64. The average Bonchev–Trinajstić information content (AvgIpc) is 2.93. The number of aryl methyl sites for hydroxylation is 1. The zero-order chi connectivity index (χ0) is 11.8. The van der Waals surface area contributed by atoms with Gasteiger partial charge >= 0.3 is 0 Å². The van der Waals surface area contributed by atoms with E-state index in [4.69, 9.17) is 4.42 Å². The third-order valence-corrected chi connectivity index (χ3v) is 3.65. The quantitative estimate of drug-likeness (QED) is 0.650. The molecule has 2 heterocycles. The van der Waals surface area contributed by atoms with Crippen LogP contribution in [0.3, 0.4) is 0 Å². The van der Waals surface area contributed by atoms with E-state index >= 15 is 0 Å². The summed E-state index contributed by atoms with van der Waals surface area (Å²) >= 11 is 1.38. The summed E-state index contributed by atoms with van der Waals surface area (Å²) in [5, 5.41) is 0.822. The molecule has 3 aromatic rings. The number of thiazole rings is 1. The number of carbonyl (C=O) groups excluding carboxylic acids is 1. The van der Waals surface area contributed by atoms with Gasteiger partial charge in [-0.15, -0.1) is 11.3 Å². The van der Waals surface area contributed by atoms with Crippen LogP contribution in [0.25, 0.3) is 21.7 Å². The molecule has 84 valence electrons. The minimum absolute atomic E-state index is 0.665. The van der Waals surface area contributed by atoms with Crippen molar-refractivity contribution in [3.05, 3.63) is 35.2 Å². The van der Waals surface area contributed by atoms with E-state index in [9.17, 15) is 4.79 Å². The van der Waals surface area contributed by atoms with Gasteiger partial charge in [0.15, 0.2) is 18.3 Å². The maximum atomic E-state index is 10.8. The summed E-state index contributed by atoms with van der Waals surface area (Å²) < 4.78 is 5.24. The second-order valence-corrected chi connectivity index (χ2v) is 4.65. The van der Waals surface area contributed by atoms with E-state index < -0.39 is 0 Å². The Kier molecular flexibility index (Phi) is 2.26. The van der Waals surface area contributed by atoms with Gasteiger partial charge in [0.1, 0.15) is 10.5 Å². The van der Waals surface area contributed by atoms with E-state index in [1.54, 1.807) is 0 Å². The molecule has 4 nitrogen and oxygen atoms in total. The molecular weight excluding hydrogens is 236 g/mol. The Hall–Kier alpha value is -2.01. The van der Waals surface area contributed by atoms with Crippen LogP contribution in [0.1, 0.15) is 15.4 Å². The maximum Gasteiger partial charge on any atom is 0.181 e. The number of rotatable bonds is 2. The lowest BCUT2D eigenvalue weighted by Crippen LogP contribution is -1.78. The third-order valence-electron chi connectivity index (χ3n) is 2.52. The predicted molar refractivity (Wildman–Crippen MR) is 65.2 cm³/mol. The zero-order valence-electron chi connectivity index (χ0n) is 9.01. The highest BCUT2D eigenvalue weighted by molar-refractivity contribution is 7.16. The molecule has 0 fully saturated rings. The molecule has 0 atom stereocenters. The molecule has 0 radical (unpaired) electrons. The highest BCUT2D eigenvalue weighted by atomic mass is 32.1. The lowest BCUT2D eigenvalue weighted by Gasteiger charge is -1.94. The van der Waals surface area contributed by atoms with Crippen LogP contribution in [0, 0.1) is 6.92 Å². The first-order valence-corrected chi connectivity index (χ1v) is 5.86. The van der Waals surface area contributed by atoms with Crippen molar-refractivity contribution in [1.29, 1.82) is 0 Å². The number of oxazole rings is 1. The number of nitrogens with zero attached hydrogens (tertiary/aromatic N) is 2. The number of hydrogen-bond acceptors (Lipinski definition) is 5. The first-order chi connectivity index (χ1) is 8.28. The average molecular weight is 244 g/mol. The molecule has 0 spiro atoms. The standard InChI is InChI=1S/C12H8N2O2S/c1-7-11(5-15)17-12(14-7)8-2-3-9-10(4-8)16-6-13-9/h2-6H,1H3. The van der Waals surface area contributed by atoms with E-state index in [0.29, 0.717) is 4.88 Å². The zero-order valence-corrected chi connectivity index (χ0v) is 9.82. The molecule has 0 aliphatic carbocycles. The molecule has 0 bridgehead atoms. The lowest BCUT2D eigenvalue weighted by molar-refractivity contribution is 0.112. The Labute approximate surface area is 101 Å². The fourth-order valence-electron chi connectivity index (χ4n) is 1.63. The lowest BCUT2D eigenvalue weighted by atomic mass is 10.2. The molecule has 5 heteroatoms. The van der Waals surface area contributed by atoms with Crippen molar-refractivity contribution in [2.45, 2.75) is 6.92 Å². The molecule has 0 N–H and O–H groups in total. The molecule has 0 aliphatic heterocycles. The molecule has 17 heavy (non-hydrogen) atoms. The molecule has 0 saturated heterocycles. The maximum absolute atomic E-state index is 10.8. The molecule has 0 unspecified atom stereocenters. The first kappa shape index (κ1) is 10.2. The van der Waals surface area contributed by atoms with E-state index in [1.165, 1.54) is 17.7 Å². The number of aromatic nitrogens is 2. The van der Waals surface area contributed by atoms with Gasteiger partial charge in [-0.3, -0.25) is 4.79 Å². The van der Waals surface area contributed by atoms with Crippen LogP contribution in [-0.2, 0) is 0 Å². The Morgan fingerprint density at radius 3 is 3.06 bits per heavy atom. The van der Waals surface area contributed by atoms with Gasteiger partial charge in [-0.2, -0.15) is 0 Å². The summed E-state index contributed by atoms with van der Waals surface area (Å²) in [7, 11) is 0. The number of aldehydes is 1. The second-order valence-electron chi connectivity index (χ2n) is 3.62. The number of hydrogen-bond donors (Lipinski definition) is 0. The van der Waals surface area contributed by atoms with Crippen molar-refractivity contribution in [1.82, 2.24) is 9.97 Å². The van der Waals surface area contributed by atoms with E-state index in [2.05, 4.69) is 9.97 Å². The van der Waals surface area contributed by atoms with Gasteiger partial charge in [0.25, 0.3) is 0 Å². The highest BCUT2D eigenvalue weighted by Crippen LogP contribution is 2.29. The van der Waals surface area contributed by atoms with Gasteiger partial charge in [0, 0.05) is 5.56 Å². The Morgan fingerprint density at radius 2 is 2.29 bits per heavy atom. The molecule has 0 aliphatic rings. The van der Waals surface area contributed by atoms with Crippen molar-refractivity contribution in [2.24, 2.45) is 0 Å². The number of benzene rings is 1. The van der Waals surface area contributed by atoms with Crippen LogP contribution in [0.2, 0.25) is 0 Å². The van der Waals surface area contributed by atoms with E-state index in [0.717, 1.165) is 33.7 Å². The topological polar surface area (TPSA) is 56.0 Å². The highest BCUT2D eigenvalue weighted by Gasteiger charge is 2.10. The normalized spacial score (nSPS) is 10.9. The van der Waals surface area contributed by atoms with Crippen molar-refractivity contribution in [2.75, 3.05) is 0 Å². The molecule has 0 saturated carbocycles. The largest absolute Gasteiger partial charge is 0.443 e. The minimum atomic E-state index is 0.665. The minimum Gasteiger partial charge on any atom is -0.443 e.